The largest absolute Gasteiger partial charge is 0.493 e. The zero-order chi connectivity index (χ0) is 16.8. The summed E-state index contributed by atoms with van der Waals surface area (Å²) in [5.74, 6) is 2.56. The molecule has 1 aromatic heterocycles. The summed E-state index contributed by atoms with van der Waals surface area (Å²) in [6.07, 6.45) is 2.69. The molecule has 2 N–H and O–H groups in total. The minimum absolute atomic E-state index is 0.0151. The lowest BCUT2D eigenvalue weighted by atomic mass is 9.97. The predicted octanol–water partition coefficient (Wildman–Crippen LogP) is 2.22. The van der Waals surface area contributed by atoms with Crippen LogP contribution in [-0.4, -0.2) is 40.0 Å². The van der Waals surface area contributed by atoms with Crippen LogP contribution in [0.25, 0.3) is 0 Å². The molecule has 1 aromatic carbocycles. The number of para-hydroxylation sites is 1. The molecule has 7 heteroatoms. The third kappa shape index (κ3) is 4.50. The third-order valence-electron chi connectivity index (χ3n) is 4.03. The lowest BCUT2D eigenvalue weighted by Gasteiger charge is -2.14. The van der Waals surface area contributed by atoms with E-state index in [0.717, 1.165) is 30.8 Å². The van der Waals surface area contributed by atoms with Crippen LogP contribution in [0.2, 0.25) is 0 Å². The quantitative estimate of drug-likeness (QED) is 0.784. The first-order valence-electron chi connectivity index (χ1n) is 8.26. The van der Waals surface area contributed by atoms with Crippen molar-refractivity contribution in [3.63, 3.8) is 0 Å². The molecule has 1 amide bonds. The first-order chi connectivity index (χ1) is 11.7. The molecule has 0 fully saturated rings. The summed E-state index contributed by atoms with van der Waals surface area (Å²) in [5.41, 5.74) is 1.22. The Balaban J connectivity index is 1.44. The predicted molar refractivity (Wildman–Crippen MR) is 93.2 cm³/mol. The Hall–Kier alpha value is -2.02. The lowest BCUT2D eigenvalue weighted by molar-refractivity contribution is -0.118. The molecule has 0 radical (unpaired) electrons. The number of fused-ring (bicyclic) bond motifs is 1. The van der Waals surface area contributed by atoms with E-state index in [0.29, 0.717) is 30.0 Å². The van der Waals surface area contributed by atoms with E-state index < -0.39 is 0 Å². The smallest absolute Gasteiger partial charge is 0.230 e. The number of amides is 1. The van der Waals surface area contributed by atoms with E-state index in [4.69, 9.17) is 4.74 Å². The van der Waals surface area contributed by atoms with Gasteiger partial charge in [0, 0.05) is 13.0 Å². The normalized spacial score (nSPS) is 16.8. The second-order valence-corrected chi connectivity index (χ2v) is 6.77. The Morgan fingerprint density at radius 1 is 1.46 bits per heavy atom. The first-order valence-corrected chi connectivity index (χ1v) is 9.24. The number of nitrogens with zero attached hydrogens (tertiary/aromatic N) is 2. The molecule has 1 aliphatic heterocycles. The molecule has 0 spiro atoms. The van der Waals surface area contributed by atoms with Crippen LogP contribution in [0.3, 0.4) is 0 Å². The highest BCUT2D eigenvalue weighted by Crippen LogP contribution is 2.26. The van der Waals surface area contributed by atoms with Crippen LogP contribution in [0.5, 0.6) is 5.75 Å². The minimum atomic E-state index is 0.0151. The van der Waals surface area contributed by atoms with Gasteiger partial charge < -0.3 is 10.1 Å². The zero-order valence-electron chi connectivity index (χ0n) is 13.7. The van der Waals surface area contributed by atoms with Gasteiger partial charge >= 0.3 is 0 Å². The van der Waals surface area contributed by atoms with E-state index in [1.54, 1.807) is 0 Å². The van der Waals surface area contributed by atoms with Crippen LogP contribution in [0, 0.1) is 5.92 Å². The third-order valence-corrected chi connectivity index (χ3v) is 4.88. The fraction of sp³-hybridized carbons (Fsp3) is 0.471. The maximum Gasteiger partial charge on any atom is 0.230 e. The molecular weight excluding hydrogens is 324 g/mol. The maximum absolute atomic E-state index is 12.0. The molecule has 0 saturated heterocycles. The summed E-state index contributed by atoms with van der Waals surface area (Å²) in [4.78, 5) is 16.3. The van der Waals surface area contributed by atoms with Crippen molar-refractivity contribution in [2.45, 2.75) is 31.3 Å². The topological polar surface area (TPSA) is 79.9 Å². The van der Waals surface area contributed by atoms with Crippen LogP contribution in [0.1, 0.15) is 24.7 Å². The molecule has 0 unspecified atom stereocenters. The number of nitrogens with one attached hydrogen (secondary N) is 2. The second kappa shape index (κ2) is 8.19. The average Bonchev–Trinajstić information content (AvgIpc) is 2.97. The maximum atomic E-state index is 12.0. The van der Waals surface area contributed by atoms with Crippen molar-refractivity contribution in [3.8, 4) is 5.75 Å². The molecule has 128 valence electrons. The molecule has 1 atom stereocenters. The van der Waals surface area contributed by atoms with E-state index in [9.17, 15) is 4.79 Å². The Kier molecular flexibility index (Phi) is 5.74. The fourth-order valence-corrected chi connectivity index (χ4v) is 3.32. The molecule has 24 heavy (non-hydrogen) atoms. The summed E-state index contributed by atoms with van der Waals surface area (Å²) in [7, 11) is 0. The van der Waals surface area contributed by atoms with Crippen molar-refractivity contribution >= 4 is 17.7 Å². The Bertz CT molecular complexity index is 689. The van der Waals surface area contributed by atoms with Crippen molar-refractivity contribution in [2.75, 3.05) is 18.9 Å². The van der Waals surface area contributed by atoms with Gasteiger partial charge in [0.1, 0.15) is 11.6 Å². The van der Waals surface area contributed by atoms with Crippen molar-refractivity contribution in [1.82, 2.24) is 20.5 Å². The van der Waals surface area contributed by atoms with Crippen molar-refractivity contribution < 1.29 is 9.53 Å². The molecule has 6 nitrogen and oxygen atoms in total. The van der Waals surface area contributed by atoms with Crippen molar-refractivity contribution in [2.24, 2.45) is 5.92 Å². The lowest BCUT2D eigenvalue weighted by Crippen LogP contribution is -2.31. The number of ether oxygens (including phenoxy) is 1. The van der Waals surface area contributed by atoms with Gasteiger partial charge in [-0.3, -0.25) is 9.89 Å². The van der Waals surface area contributed by atoms with E-state index in [2.05, 4.69) is 26.6 Å². The number of carbonyl (C=O) groups excluding carboxylic acids is 1. The highest BCUT2D eigenvalue weighted by Gasteiger charge is 2.18. The number of carbonyl (C=O) groups is 1. The van der Waals surface area contributed by atoms with Crippen LogP contribution < -0.4 is 10.1 Å². The van der Waals surface area contributed by atoms with Crippen LogP contribution >= 0.6 is 11.8 Å². The number of thioether (sulfide) groups is 1. The number of hydrogen-bond acceptors (Lipinski definition) is 5. The summed E-state index contributed by atoms with van der Waals surface area (Å²) < 4.78 is 5.77. The number of aromatic amines is 1. The number of H-pyrrole nitrogens is 1. The Labute approximate surface area is 145 Å². The minimum Gasteiger partial charge on any atom is -0.493 e. The van der Waals surface area contributed by atoms with Crippen molar-refractivity contribution in [3.05, 3.63) is 35.7 Å². The monoisotopic (exact) mass is 346 g/mol. The molecule has 0 bridgehead atoms. The SMILES string of the molecule is CCc1nc(SCC(=O)NC[C@H]2CCOc3ccccc3C2)n[nH]1. The van der Waals surface area contributed by atoms with Crippen LogP contribution in [0.15, 0.2) is 29.4 Å². The summed E-state index contributed by atoms with van der Waals surface area (Å²) >= 11 is 1.35. The molecule has 0 saturated carbocycles. The van der Waals surface area contributed by atoms with E-state index >= 15 is 0 Å². The zero-order valence-corrected chi connectivity index (χ0v) is 14.6. The van der Waals surface area contributed by atoms with Crippen LogP contribution in [0.4, 0.5) is 0 Å². The van der Waals surface area contributed by atoms with E-state index in [1.165, 1.54) is 17.3 Å². The standard InChI is InChI=1S/C17H22N4O2S/c1-2-15-19-17(21-20-15)24-11-16(22)18-10-12-7-8-23-14-6-4-3-5-13(14)9-12/h3-6,12H,2,7-11H2,1H3,(H,18,22)(H,19,20,21)/t12-/m0/s1. The summed E-state index contributed by atoms with van der Waals surface area (Å²) in [5, 5.41) is 10.6. The Morgan fingerprint density at radius 3 is 3.17 bits per heavy atom. The summed E-state index contributed by atoms with van der Waals surface area (Å²) in [6.45, 7) is 3.38. The molecule has 2 heterocycles. The highest BCUT2D eigenvalue weighted by atomic mass is 32.2. The van der Waals surface area contributed by atoms with Gasteiger partial charge in [-0.15, -0.1) is 5.10 Å². The molecular formula is C17H22N4O2S. The van der Waals surface area contributed by atoms with Gasteiger partial charge in [0.15, 0.2) is 0 Å². The average molecular weight is 346 g/mol. The van der Waals surface area contributed by atoms with Crippen LogP contribution in [-0.2, 0) is 17.6 Å². The second-order valence-electron chi connectivity index (χ2n) is 5.83. The number of benzene rings is 1. The van der Waals surface area contributed by atoms with Crippen molar-refractivity contribution in [1.29, 1.82) is 0 Å². The van der Waals surface area contributed by atoms with Gasteiger partial charge in [-0.2, -0.15) is 0 Å². The molecule has 2 aromatic rings. The number of aromatic nitrogens is 3. The number of rotatable bonds is 6. The van der Waals surface area contributed by atoms with E-state index in [1.807, 2.05) is 25.1 Å². The fourth-order valence-electron chi connectivity index (χ4n) is 2.68. The van der Waals surface area contributed by atoms with Gasteiger partial charge in [-0.1, -0.05) is 36.9 Å². The molecule has 0 aliphatic carbocycles. The van der Waals surface area contributed by atoms with E-state index in [-0.39, 0.29) is 5.91 Å². The van der Waals surface area contributed by atoms with Gasteiger partial charge in [0.2, 0.25) is 11.1 Å². The van der Waals surface area contributed by atoms with Gasteiger partial charge in [0.25, 0.3) is 0 Å². The first kappa shape index (κ1) is 16.8. The number of hydrogen-bond donors (Lipinski definition) is 2. The Morgan fingerprint density at radius 2 is 2.33 bits per heavy atom. The molecule has 1 aliphatic rings. The van der Waals surface area contributed by atoms with Gasteiger partial charge in [-0.25, -0.2) is 4.98 Å². The summed E-state index contributed by atoms with van der Waals surface area (Å²) in [6, 6.07) is 8.13. The van der Waals surface area contributed by atoms with Gasteiger partial charge in [-0.05, 0) is 30.4 Å². The highest BCUT2D eigenvalue weighted by molar-refractivity contribution is 7.99. The molecule has 3 rings (SSSR count). The number of aryl methyl sites for hydroxylation is 1. The van der Waals surface area contributed by atoms with Gasteiger partial charge in [0.05, 0.1) is 12.4 Å².